The van der Waals surface area contributed by atoms with Gasteiger partial charge in [0.25, 0.3) is 0 Å². The van der Waals surface area contributed by atoms with E-state index in [-0.39, 0.29) is 5.78 Å². The molecule has 0 spiro atoms. The fourth-order valence-corrected chi connectivity index (χ4v) is 3.40. The third-order valence-corrected chi connectivity index (χ3v) is 4.81. The van der Waals surface area contributed by atoms with Crippen molar-refractivity contribution in [3.8, 4) is 0 Å². The molecular weight excluding hydrogens is 328 g/mol. The predicted molar refractivity (Wildman–Crippen MR) is 105 cm³/mol. The van der Waals surface area contributed by atoms with Crippen LogP contribution in [0.3, 0.4) is 0 Å². The Kier molecular flexibility index (Phi) is 13.6. The van der Waals surface area contributed by atoms with Gasteiger partial charge in [-0.15, -0.1) is 0 Å². The number of hydrogen-bond acceptors (Lipinski definition) is 4. The van der Waals surface area contributed by atoms with Gasteiger partial charge in [-0.2, -0.15) is 0 Å². The van der Waals surface area contributed by atoms with Gasteiger partial charge in [0, 0.05) is 6.42 Å². The predicted octanol–water partition coefficient (Wildman–Crippen LogP) is 2.66. The van der Waals surface area contributed by atoms with Crippen molar-refractivity contribution in [3.63, 3.8) is 0 Å². The number of carboxylic acid groups (broad SMARTS) is 1. The third kappa shape index (κ3) is 13.3. The number of nitrogens with zero attached hydrogens (tertiary/aromatic N) is 1. The van der Waals surface area contributed by atoms with Gasteiger partial charge in [0.05, 0.1) is 45.6 Å². The molecule has 0 aliphatic carbocycles. The average molecular weight is 371 g/mol. The summed E-state index contributed by atoms with van der Waals surface area (Å²) in [6.07, 6.45) is 13.6. The van der Waals surface area contributed by atoms with Crippen LogP contribution in [0.2, 0.25) is 0 Å². The highest BCUT2D eigenvalue weighted by molar-refractivity contribution is 5.98. The minimum atomic E-state index is -1.33. The van der Waals surface area contributed by atoms with E-state index in [2.05, 4.69) is 6.92 Å². The molecule has 2 unspecified atom stereocenters. The van der Waals surface area contributed by atoms with Crippen molar-refractivity contribution in [1.82, 2.24) is 0 Å². The van der Waals surface area contributed by atoms with Gasteiger partial charge in [0.2, 0.25) is 0 Å². The van der Waals surface area contributed by atoms with Gasteiger partial charge in [-0.25, -0.2) is 0 Å². The Bertz CT molecular complexity index is 391. The summed E-state index contributed by atoms with van der Waals surface area (Å²) >= 11 is 0. The quantitative estimate of drug-likeness (QED) is 0.242. The second-order valence-electron chi connectivity index (χ2n) is 8.69. The van der Waals surface area contributed by atoms with E-state index in [4.69, 9.17) is 5.73 Å². The molecular formula is C21H42N2O3. The van der Waals surface area contributed by atoms with Crippen molar-refractivity contribution in [2.24, 2.45) is 11.7 Å². The van der Waals surface area contributed by atoms with Gasteiger partial charge >= 0.3 is 0 Å². The highest BCUT2D eigenvalue weighted by atomic mass is 16.4. The van der Waals surface area contributed by atoms with Crippen LogP contribution < -0.4 is 10.8 Å². The monoisotopic (exact) mass is 370 g/mol. The van der Waals surface area contributed by atoms with Gasteiger partial charge < -0.3 is 20.1 Å². The maximum absolute atomic E-state index is 12.3. The Morgan fingerprint density at radius 3 is 1.65 bits per heavy atom. The second kappa shape index (κ2) is 14.2. The molecule has 0 aromatic heterocycles. The lowest BCUT2D eigenvalue weighted by atomic mass is 9.91. The van der Waals surface area contributed by atoms with Gasteiger partial charge in [-0.1, -0.05) is 71.1 Å². The molecule has 154 valence electrons. The first-order chi connectivity index (χ1) is 12.2. The maximum atomic E-state index is 12.3. The average Bonchev–Trinajstić information content (AvgIpc) is 2.50. The van der Waals surface area contributed by atoms with Gasteiger partial charge in [-0.3, -0.25) is 4.79 Å². The minimum Gasteiger partial charge on any atom is -0.549 e. The number of ketones is 1. The van der Waals surface area contributed by atoms with Crippen molar-refractivity contribution in [2.45, 2.75) is 90.0 Å². The maximum Gasteiger partial charge on any atom is 0.143 e. The smallest absolute Gasteiger partial charge is 0.143 e. The number of quaternary nitrogens is 1. The minimum absolute atomic E-state index is 0.276. The number of hydrogen-bond donors (Lipinski definition) is 1. The number of carbonyl (C=O) groups is 2. The van der Waals surface area contributed by atoms with Crippen LogP contribution in [0.5, 0.6) is 0 Å². The van der Waals surface area contributed by atoms with E-state index in [0.717, 1.165) is 19.3 Å². The van der Waals surface area contributed by atoms with Crippen molar-refractivity contribution in [1.29, 1.82) is 0 Å². The molecule has 26 heavy (non-hydrogen) atoms. The largest absolute Gasteiger partial charge is 0.549 e. The molecule has 5 nitrogen and oxygen atoms in total. The summed E-state index contributed by atoms with van der Waals surface area (Å²) < 4.78 is 0.524. The summed E-state index contributed by atoms with van der Waals surface area (Å²) in [6.45, 7) is 2.67. The molecule has 0 fully saturated rings. The molecule has 0 aliphatic rings. The van der Waals surface area contributed by atoms with Crippen LogP contribution in [0.15, 0.2) is 0 Å². The Morgan fingerprint density at radius 1 is 0.846 bits per heavy atom. The summed E-state index contributed by atoms with van der Waals surface area (Å²) in [5, 5.41) is 11.4. The third-order valence-electron chi connectivity index (χ3n) is 4.81. The molecule has 0 aliphatic heterocycles. The van der Waals surface area contributed by atoms with Crippen LogP contribution in [-0.2, 0) is 9.59 Å². The lowest BCUT2D eigenvalue weighted by molar-refractivity contribution is -0.871. The first-order valence-corrected chi connectivity index (χ1v) is 10.5. The normalized spacial score (nSPS) is 14.2. The van der Waals surface area contributed by atoms with E-state index in [1.807, 2.05) is 21.1 Å². The van der Waals surface area contributed by atoms with Crippen LogP contribution in [0, 0.1) is 5.92 Å². The van der Waals surface area contributed by atoms with Crippen LogP contribution in [0.4, 0.5) is 0 Å². The summed E-state index contributed by atoms with van der Waals surface area (Å²) in [5.74, 6) is -2.80. The lowest BCUT2D eigenvalue weighted by Gasteiger charge is -2.31. The van der Waals surface area contributed by atoms with Crippen LogP contribution in [0.1, 0.15) is 84.0 Å². The summed E-state index contributed by atoms with van der Waals surface area (Å²) in [5.41, 5.74) is 5.98. The Morgan fingerprint density at radius 2 is 1.27 bits per heavy atom. The number of aliphatic carboxylic acids is 1. The summed E-state index contributed by atoms with van der Waals surface area (Å²) in [7, 11) is 5.79. The van der Waals surface area contributed by atoms with Gasteiger partial charge in [-0.05, 0) is 6.42 Å². The summed E-state index contributed by atoms with van der Waals surface area (Å²) in [4.78, 5) is 23.6. The van der Waals surface area contributed by atoms with E-state index in [1.165, 1.54) is 51.4 Å². The molecule has 0 saturated heterocycles. The highest BCUT2D eigenvalue weighted by Crippen LogP contribution is 2.15. The number of carboxylic acids is 1. The molecule has 5 heteroatoms. The Labute approximate surface area is 160 Å². The van der Waals surface area contributed by atoms with E-state index >= 15 is 0 Å². The second-order valence-corrected chi connectivity index (χ2v) is 8.69. The van der Waals surface area contributed by atoms with Crippen molar-refractivity contribution >= 4 is 11.8 Å². The summed E-state index contributed by atoms with van der Waals surface area (Å²) in [6, 6.07) is -0.694. The lowest BCUT2D eigenvalue weighted by Crippen LogP contribution is -2.54. The number of Topliss-reactive ketones (excluding diaryl/α,β-unsaturated/α-hetero) is 1. The molecule has 0 heterocycles. The van der Waals surface area contributed by atoms with E-state index in [0.29, 0.717) is 17.4 Å². The molecule has 0 aromatic rings. The topological polar surface area (TPSA) is 83.2 Å². The number of unbranched alkanes of at least 4 members (excludes halogenated alkanes) is 10. The Hall–Kier alpha value is -0.940. The molecule has 0 aromatic carbocycles. The Balaban J connectivity index is 3.89. The highest BCUT2D eigenvalue weighted by Gasteiger charge is 2.30. The fraction of sp³-hybridized carbons (Fsp3) is 0.905. The van der Waals surface area contributed by atoms with E-state index in [1.54, 1.807) is 0 Å². The SMILES string of the molecule is CCCCCCCCCCCCCC(=O)C(C(=O)[O-])C(N)C[N+](C)(C)C. The number of nitrogens with two attached hydrogens (primary N) is 1. The number of rotatable bonds is 17. The zero-order valence-corrected chi connectivity index (χ0v) is 17.6. The first kappa shape index (κ1) is 25.1. The number of likely N-dealkylation sites (N-methyl/N-ethyl adjacent to an activating group) is 1. The van der Waals surface area contributed by atoms with Crippen LogP contribution in [0.25, 0.3) is 0 Å². The van der Waals surface area contributed by atoms with Crippen molar-refractivity contribution < 1.29 is 19.2 Å². The molecule has 0 saturated carbocycles. The van der Waals surface area contributed by atoms with Gasteiger partial charge in [0.1, 0.15) is 5.78 Å². The van der Waals surface area contributed by atoms with Gasteiger partial charge in [0.15, 0.2) is 0 Å². The fourth-order valence-electron chi connectivity index (χ4n) is 3.40. The van der Waals surface area contributed by atoms with E-state index in [9.17, 15) is 14.7 Å². The molecule has 0 rings (SSSR count). The van der Waals surface area contributed by atoms with E-state index < -0.39 is 17.9 Å². The first-order valence-electron chi connectivity index (χ1n) is 10.5. The zero-order chi connectivity index (χ0) is 20.0. The van der Waals surface area contributed by atoms with Crippen LogP contribution >= 0.6 is 0 Å². The number of carbonyl (C=O) groups excluding carboxylic acids is 2. The zero-order valence-electron chi connectivity index (χ0n) is 17.6. The van der Waals surface area contributed by atoms with Crippen molar-refractivity contribution in [2.75, 3.05) is 27.7 Å². The molecule has 0 radical (unpaired) electrons. The molecule has 0 amide bonds. The standard InChI is InChI=1S/C21H42N2O3/c1-5-6-7-8-9-10-11-12-13-14-15-16-19(24)20(21(25)26)18(22)17-23(2,3)4/h18,20H,5-17,22H2,1-4H3. The molecule has 2 N–H and O–H groups in total. The van der Waals surface area contributed by atoms with Crippen molar-refractivity contribution in [3.05, 3.63) is 0 Å². The van der Waals surface area contributed by atoms with Crippen LogP contribution in [-0.4, -0.2) is 50.0 Å². The molecule has 0 bridgehead atoms. The molecule has 2 atom stereocenters.